The molecule has 1 unspecified atom stereocenters. The van der Waals surface area contributed by atoms with Gasteiger partial charge in [0.15, 0.2) is 11.5 Å². The van der Waals surface area contributed by atoms with Gasteiger partial charge in [0, 0.05) is 24.6 Å². The Bertz CT molecular complexity index is 1190. The number of hydrogen-bond acceptors (Lipinski definition) is 8. The second-order valence-electron chi connectivity index (χ2n) is 12.9. The van der Waals surface area contributed by atoms with E-state index in [2.05, 4.69) is 10.2 Å². The van der Waals surface area contributed by atoms with E-state index in [-0.39, 0.29) is 30.6 Å². The Morgan fingerprint density at radius 1 is 1.22 bits per heavy atom. The van der Waals surface area contributed by atoms with Crippen LogP contribution in [0.5, 0.6) is 11.5 Å². The second kappa shape index (κ2) is 11.1. The van der Waals surface area contributed by atoms with Crippen molar-refractivity contribution in [2.24, 2.45) is 11.8 Å². The van der Waals surface area contributed by atoms with Crippen molar-refractivity contribution in [3.63, 3.8) is 0 Å². The number of benzene rings is 1. The molecule has 1 aromatic carbocycles. The maximum atomic E-state index is 13.0. The third kappa shape index (κ3) is 4.96. The highest BCUT2D eigenvalue weighted by atomic mass is 16.6. The zero-order valence-corrected chi connectivity index (χ0v) is 24.5. The molecule has 10 nitrogen and oxygen atoms in total. The van der Waals surface area contributed by atoms with Gasteiger partial charge in [-0.05, 0) is 69.0 Å². The Hall–Kier alpha value is -2.85. The first kappa shape index (κ1) is 29.6. The number of nitrogens with one attached hydrogen (secondary N) is 1. The number of rotatable bonds is 11. The maximum Gasteiger partial charge on any atom is 0.326 e. The lowest BCUT2D eigenvalue weighted by atomic mass is 9.52. The Kier molecular flexibility index (Phi) is 8.02. The number of nitrogens with zero attached hydrogens (tertiary/aromatic N) is 1. The molecule has 4 N–H and O–H groups in total. The molecule has 6 atom stereocenters. The number of piperidine rings is 1. The van der Waals surface area contributed by atoms with Crippen LogP contribution in [0.15, 0.2) is 12.1 Å². The van der Waals surface area contributed by atoms with Gasteiger partial charge in [0.05, 0.1) is 17.4 Å². The predicted octanol–water partition coefficient (Wildman–Crippen LogP) is 2.90. The topological polar surface area (TPSA) is 146 Å². The first-order valence-corrected chi connectivity index (χ1v) is 15.1. The molecule has 1 spiro atoms. The van der Waals surface area contributed by atoms with Crippen LogP contribution >= 0.6 is 0 Å². The summed E-state index contributed by atoms with van der Waals surface area (Å²) in [4.78, 5) is 39.2. The van der Waals surface area contributed by atoms with Crippen LogP contribution in [0.4, 0.5) is 0 Å². The van der Waals surface area contributed by atoms with Gasteiger partial charge in [0.1, 0.15) is 18.2 Å². The summed E-state index contributed by atoms with van der Waals surface area (Å²) in [6, 6.07) is 2.40. The molecule has 10 heteroatoms. The number of aromatic hydroxyl groups is 1. The predicted molar refractivity (Wildman–Crippen MR) is 150 cm³/mol. The number of phenols is 1. The number of likely N-dealkylation sites (tertiary alicyclic amines) is 1. The summed E-state index contributed by atoms with van der Waals surface area (Å²) in [6.07, 6.45) is 3.49. The molecule has 0 aromatic heterocycles. The Morgan fingerprint density at radius 2 is 1.95 bits per heavy atom. The number of fused-ring (bicyclic) bond motifs is 1. The number of esters is 1. The average Bonchev–Trinajstić information content (AvgIpc) is 3.23. The lowest BCUT2D eigenvalue weighted by Crippen LogP contribution is -2.74. The monoisotopic (exact) mass is 572 g/mol. The fourth-order valence-corrected chi connectivity index (χ4v) is 7.67. The molecule has 0 radical (unpaired) electrons. The third-order valence-corrected chi connectivity index (χ3v) is 10.1. The number of aliphatic carboxylic acids is 1. The van der Waals surface area contributed by atoms with Crippen molar-refractivity contribution in [1.29, 1.82) is 0 Å². The average molecular weight is 573 g/mol. The normalized spacial score (nSPS) is 30.1. The lowest BCUT2D eigenvalue weighted by Gasteiger charge is -2.61. The largest absolute Gasteiger partial charge is 0.504 e. The van der Waals surface area contributed by atoms with Crippen LogP contribution in [-0.4, -0.2) is 81.0 Å². The number of carbonyl (C=O) groups excluding carboxylic acids is 2. The van der Waals surface area contributed by atoms with E-state index in [0.717, 1.165) is 24.2 Å². The SMILES string of the molecule is CC[C@H](OC(=O)CCC(=O)NC(C(=O)O)C(C)C)[C@@H]1Oc2c(O)ccc3c2[C@@]12CCN(CC1CCC1)[C@H](C3)[C@@]2(C)O. The molecule has 1 saturated carbocycles. The Balaban J connectivity index is 1.36. The smallest absolute Gasteiger partial charge is 0.326 e. The molecule has 226 valence electrons. The van der Waals surface area contributed by atoms with Crippen LogP contribution in [0.2, 0.25) is 0 Å². The van der Waals surface area contributed by atoms with E-state index >= 15 is 0 Å². The molecule has 1 saturated heterocycles. The van der Waals surface area contributed by atoms with Crippen molar-refractivity contribution in [3.05, 3.63) is 23.3 Å². The summed E-state index contributed by atoms with van der Waals surface area (Å²) in [5, 5.41) is 35.0. The fraction of sp³-hybridized carbons (Fsp3) is 0.710. The van der Waals surface area contributed by atoms with Gasteiger partial charge in [-0.3, -0.25) is 14.5 Å². The lowest BCUT2D eigenvalue weighted by molar-refractivity contribution is -0.184. The van der Waals surface area contributed by atoms with Gasteiger partial charge < -0.3 is 30.1 Å². The number of aliphatic hydroxyl groups is 1. The van der Waals surface area contributed by atoms with E-state index in [9.17, 15) is 29.7 Å². The van der Waals surface area contributed by atoms with E-state index in [4.69, 9.17) is 9.47 Å². The highest BCUT2D eigenvalue weighted by molar-refractivity contribution is 5.86. The van der Waals surface area contributed by atoms with E-state index in [1.165, 1.54) is 19.3 Å². The fourth-order valence-electron chi connectivity index (χ4n) is 7.67. The van der Waals surface area contributed by atoms with Gasteiger partial charge in [-0.2, -0.15) is 0 Å². The number of phenolic OH excluding ortho intramolecular Hbond substituents is 1. The number of ether oxygens (including phenoxy) is 2. The zero-order chi connectivity index (χ0) is 29.7. The van der Waals surface area contributed by atoms with Gasteiger partial charge in [-0.15, -0.1) is 0 Å². The highest BCUT2D eigenvalue weighted by Crippen LogP contribution is 2.62. The van der Waals surface area contributed by atoms with Crippen molar-refractivity contribution < 1.29 is 39.2 Å². The van der Waals surface area contributed by atoms with Gasteiger partial charge in [0.2, 0.25) is 5.91 Å². The van der Waals surface area contributed by atoms with Crippen LogP contribution in [0.1, 0.15) is 83.8 Å². The first-order valence-electron chi connectivity index (χ1n) is 15.1. The van der Waals surface area contributed by atoms with Crippen LogP contribution in [0.25, 0.3) is 0 Å². The third-order valence-electron chi connectivity index (χ3n) is 10.1. The van der Waals surface area contributed by atoms with E-state index in [1.807, 2.05) is 19.9 Å². The minimum atomic E-state index is -1.20. The molecular formula is C31H44N2O8. The summed E-state index contributed by atoms with van der Waals surface area (Å²) < 4.78 is 12.4. The maximum absolute atomic E-state index is 13.0. The highest BCUT2D eigenvalue weighted by Gasteiger charge is 2.70. The summed E-state index contributed by atoms with van der Waals surface area (Å²) in [5.74, 6) is -1.54. The zero-order valence-electron chi connectivity index (χ0n) is 24.5. The molecule has 1 aromatic rings. The number of carboxylic acids is 1. The minimum absolute atomic E-state index is 0.00719. The van der Waals surface area contributed by atoms with Crippen LogP contribution in [0.3, 0.4) is 0 Å². The Labute approximate surface area is 241 Å². The van der Waals surface area contributed by atoms with Crippen molar-refractivity contribution in [2.45, 2.75) is 114 Å². The molecule has 2 aliphatic carbocycles. The van der Waals surface area contributed by atoms with E-state index < -0.39 is 47.1 Å². The number of hydrogen-bond donors (Lipinski definition) is 4. The second-order valence-corrected chi connectivity index (χ2v) is 12.9. The van der Waals surface area contributed by atoms with Gasteiger partial charge >= 0.3 is 11.9 Å². The van der Waals surface area contributed by atoms with Crippen molar-refractivity contribution in [3.8, 4) is 11.5 Å². The van der Waals surface area contributed by atoms with E-state index in [0.29, 0.717) is 30.9 Å². The van der Waals surface area contributed by atoms with Crippen LogP contribution in [0, 0.1) is 11.8 Å². The summed E-state index contributed by atoms with van der Waals surface area (Å²) in [5.41, 5.74) is -0.200. The standard InChI is InChI=1S/C31H44N2O8/c1-5-21(40-24(36)12-11-23(35)32-26(17(2)3)29(37)38)28-31-13-14-33(16-18-7-6-8-18)22(30(31,4)39)15-19-9-10-20(34)27(41-28)25(19)31/h9-10,17-18,21-22,26,28,34,39H,5-8,11-16H2,1-4H3,(H,32,35)(H,37,38)/t21-,22+,26?,28-,30+,31-/m0/s1. The van der Waals surface area contributed by atoms with Gasteiger partial charge in [-0.1, -0.05) is 33.3 Å². The molecule has 5 rings (SSSR count). The molecule has 2 aliphatic heterocycles. The Morgan fingerprint density at radius 3 is 2.56 bits per heavy atom. The first-order chi connectivity index (χ1) is 19.4. The number of amides is 1. The molecular weight excluding hydrogens is 528 g/mol. The van der Waals surface area contributed by atoms with Crippen LogP contribution < -0.4 is 10.1 Å². The molecule has 1 amide bonds. The molecule has 2 heterocycles. The molecule has 2 bridgehead atoms. The van der Waals surface area contributed by atoms with Crippen LogP contribution in [-0.2, 0) is 31.0 Å². The summed E-state index contributed by atoms with van der Waals surface area (Å²) >= 11 is 0. The molecule has 2 fully saturated rings. The minimum Gasteiger partial charge on any atom is -0.504 e. The summed E-state index contributed by atoms with van der Waals surface area (Å²) in [6.45, 7) is 8.88. The van der Waals surface area contributed by atoms with Gasteiger partial charge in [-0.25, -0.2) is 4.79 Å². The number of carbonyl (C=O) groups is 3. The number of carboxylic acid groups (broad SMARTS) is 1. The van der Waals surface area contributed by atoms with E-state index in [1.54, 1.807) is 19.9 Å². The van der Waals surface area contributed by atoms with Crippen molar-refractivity contribution in [1.82, 2.24) is 10.2 Å². The molecule has 4 aliphatic rings. The van der Waals surface area contributed by atoms with Crippen molar-refractivity contribution >= 4 is 17.8 Å². The summed E-state index contributed by atoms with van der Waals surface area (Å²) in [7, 11) is 0. The van der Waals surface area contributed by atoms with Gasteiger partial charge in [0.25, 0.3) is 0 Å². The molecule has 41 heavy (non-hydrogen) atoms. The van der Waals surface area contributed by atoms with Crippen molar-refractivity contribution in [2.75, 3.05) is 13.1 Å². The quantitative estimate of drug-likeness (QED) is 0.294.